The van der Waals surface area contributed by atoms with Crippen LogP contribution in [0.2, 0.25) is 0 Å². The second-order valence-corrected chi connectivity index (χ2v) is 8.15. The molecule has 0 heterocycles. The first-order valence-electron chi connectivity index (χ1n) is 9.36. The summed E-state index contributed by atoms with van der Waals surface area (Å²) in [5.74, 6) is -1.15. The molecule has 0 radical (unpaired) electrons. The van der Waals surface area contributed by atoms with Gasteiger partial charge in [0.05, 0.1) is 6.04 Å². The summed E-state index contributed by atoms with van der Waals surface area (Å²) in [4.78, 5) is 36.6. The Morgan fingerprint density at radius 1 is 1.07 bits per heavy atom. The highest BCUT2D eigenvalue weighted by molar-refractivity contribution is 7.98. The Labute approximate surface area is 170 Å². The first-order chi connectivity index (χ1) is 13.2. The Hall–Kier alpha value is -2.06. The van der Waals surface area contributed by atoms with Crippen LogP contribution < -0.4 is 16.4 Å². The van der Waals surface area contributed by atoms with Gasteiger partial charge in [-0.1, -0.05) is 44.2 Å². The summed E-state index contributed by atoms with van der Waals surface area (Å²) >= 11 is 1.59. The standard InChI is InChI=1S/C20H31N3O4S/c1-13(2)11-16(22-18(24)15(21)9-10-28-3)19(25)23-17(20(26)27)12-14-7-5-4-6-8-14/h4-8,13,15-17H,9-12,21H2,1-3H3,(H,22,24)(H,23,25)(H,26,27)/t15?,16-,17-/m0/s1. The molecule has 1 aromatic carbocycles. The number of carboxylic acids is 1. The minimum atomic E-state index is -1.12. The maximum absolute atomic E-state index is 12.7. The molecule has 0 aliphatic carbocycles. The molecule has 0 spiro atoms. The minimum Gasteiger partial charge on any atom is -0.480 e. The van der Waals surface area contributed by atoms with Gasteiger partial charge in [0.2, 0.25) is 11.8 Å². The van der Waals surface area contributed by atoms with Crippen LogP contribution in [0.25, 0.3) is 0 Å². The third-order valence-corrected chi connectivity index (χ3v) is 4.85. The number of benzene rings is 1. The molecule has 7 nitrogen and oxygen atoms in total. The van der Waals surface area contributed by atoms with Crippen molar-refractivity contribution in [1.82, 2.24) is 10.6 Å². The molecule has 1 unspecified atom stereocenters. The lowest BCUT2D eigenvalue weighted by Crippen LogP contribution is -2.55. The van der Waals surface area contributed by atoms with Crippen LogP contribution in [0.5, 0.6) is 0 Å². The zero-order chi connectivity index (χ0) is 21.1. The number of nitrogens with one attached hydrogen (secondary N) is 2. The topological polar surface area (TPSA) is 122 Å². The number of carbonyl (C=O) groups excluding carboxylic acids is 2. The van der Waals surface area contributed by atoms with E-state index in [1.54, 1.807) is 23.9 Å². The second-order valence-electron chi connectivity index (χ2n) is 7.17. The molecule has 0 fully saturated rings. The average Bonchev–Trinajstić information content (AvgIpc) is 2.65. The molecular formula is C20H31N3O4S. The molecule has 3 atom stereocenters. The third-order valence-electron chi connectivity index (χ3n) is 4.21. The van der Waals surface area contributed by atoms with Crippen molar-refractivity contribution in [3.63, 3.8) is 0 Å². The fourth-order valence-electron chi connectivity index (χ4n) is 2.68. The molecule has 0 aliphatic heterocycles. The summed E-state index contributed by atoms with van der Waals surface area (Å²) in [5, 5.41) is 14.7. The van der Waals surface area contributed by atoms with Crippen LogP contribution in [0.4, 0.5) is 0 Å². The minimum absolute atomic E-state index is 0.135. The van der Waals surface area contributed by atoms with Crippen molar-refractivity contribution < 1.29 is 19.5 Å². The Morgan fingerprint density at radius 2 is 1.68 bits per heavy atom. The lowest BCUT2D eigenvalue weighted by Gasteiger charge is -2.24. The van der Waals surface area contributed by atoms with E-state index in [-0.39, 0.29) is 12.3 Å². The number of hydrogen-bond acceptors (Lipinski definition) is 5. The lowest BCUT2D eigenvalue weighted by atomic mass is 10.0. The molecule has 0 saturated carbocycles. The second kappa shape index (κ2) is 12.4. The van der Waals surface area contributed by atoms with Gasteiger partial charge < -0.3 is 21.5 Å². The van der Waals surface area contributed by atoms with Crippen LogP contribution in [-0.2, 0) is 20.8 Å². The number of thioether (sulfide) groups is 1. The fraction of sp³-hybridized carbons (Fsp3) is 0.550. The largest absolute Gasteiger partial charge is 0.480 e. The monoisotopic (exact) mass is 409 g/mol. The highest BCUT2D eigenvalue weighted by Gasteiger charge is 2.28. The average molecular weight is 410 g/mol. The molecule has 28 heavy (non-hydrogen) atoms. The van der Waals surface area contributed by atoms with Crippen LogP contribution in [0.3, 0.4) is 0 Å². The van der Waals surface area contributed by atoms with Gasteiger partial charge in [-0.05, 0) is 36.3 Å². The van der Waals surface area contributed by atoms with Crippen LogP contribution >= 0.6 is 11.8 Å². The first-order valence-corrected chi connectivity index (χ1v) is 10.8. The zero-order valence-electron chi connectivity index (χ0n) is 16.7. The highest BCUT2D eigenvalue weighted by atomic mass is 32.2. The molecule has 1 rings (SSSR count). The Kier molecular flexibility index (Phi) is 10.6. The molecule has 2 amide bonds. The van der Waals surface area contributed by atoms with E-state index in [1.807, 2.05) is 38.3 Å². The van der Waals surface area contributed by atoms with E-state index in [4.69, 9.17) is 5.73 Å². The molecule has 8 heteroatoms. The van der Waals surface area contributed by atoms with Crippen molar-refractivity contribution in [3.05, 3.63) is 35.9 Å². The number of carboxylic acid groups (broad SMARTS) is 1. The van der Waals surface area contributed by atoms with Crippen molar-refractivity contribution in [1.29, 1.82) is 0 Å². The molecule has 0 aliphatic rings. The summed E-state index contributed by atoms with van der Waals surface area (Å²) in [6, 6.07) is 6.47. The molecular weight excluding hydrogens is 378 g/mol. The highest BCUT2D eigenvalue weighted by Crippen LogP contribution is 2.09. The van der Waals surface area contributed by atoms with Crippen molar-refractivity contribution in [2.45, 2.75) is 51.2 Å². The fourth-order valence-corrected chi connectivity index (χ4v) is 3.17. The molecule has 1 aromatic rings. The van der Waals surface area contributed by atoms with Gasteiger partial charge in [0.1, 0.15) is 12.1 Å². The summed E-state index contributed by atoms with van der Waals surface area (Å²) in [6.07, 6.45) is 3.00. The van der Waals surface area contributed by atoms with Crippen LogP contribution in [0, 0.1) is 5.92 Å². The van der Waals surface area contributed by atoms with E-state index in [9.17, 15) is 19.5 Å². The maximum Gasteiger partial charge on any atom is 0.326 e. The van der Waals surface area contributed by atoms with Gasteiger partial charge in [-0.15, -0.1) is 0 Å². The number of aliphatic carboxylic acids is 1. The van der Waals surface area contributed by atoms with Gasteiger partial charge in [0.25, 0.3) is 0 Å². The Bertz CT molecular complexity index is 640. The predicted molar refractivity (Wildman–Crippen MR) is 112 cm³/mol. The van der Waals surface area contributed by atoms with Gasteiger partial charge in [0, 0.05) is 6.42 Å². The predicted octanol–water partition coefficient (Wildman–Crippen LogP) is 1.41. The molecule has 5 N–H and O–H groups in total. The molecule has 0 saturated heterocycles. The van der Waals surface area contributed by atoms with E-state index in [0.717, 1.165) is 11.3 Å². The van der Waals surface area contributed by atoms with Crippen molar-refractivity contribution in [3.8, 4) is 0 Å². The summed E-state index contributed by atoms with van der Waals surface area (Å²) in [5.41, 5.74) is 6.69. The van der Waals surface area contributed by atoms with Crippen LogP contribution in [0.15, 0.2) is 30.3 Å². The maximum atomic E-state index is 12.7. The summed E-state index contributed by atoms with van der Waals surface area (Å²) in [6.45, 7) is 3.86. The number of nitrogens with two attached hydrogens (primary N) is 1. The smallest absolute Gasteiger partial charge is 0.326 e. The normalized spacial score (nSPS) is 14.2. The van der Waals surface area contributed by atoms with Crippen molar-refractivity contribution >= 4 is 29.5 Å². The number of hydrogen-bond donors (Lipinski definition) is 4. The Morgan fingerprint density at radius 3 is 2.21 bits per heavy atom. The van der Waals surface area contributed by atoms with E-state index in [1.165, 1.54) is 0 Å². The van der Waals surface area contributed by atoms with Gasteiger partial charge in [-0.3, -0.25) is 9.59 Å². The summed E-state index contributed by atoms with van der Waals surface area (Å²) < 4.78 is 0. The molecule has 156 valence electrons. The van der Waals surface area contributed by atoms with E-state index >= 15 is 0 Å². The van der Waals surface area contributed by atoms with E-state index in [0.29, 0.717) is 12.8 Å². The van der Waals surface area contributed by atoms with Gasteiger partial charge in [-0.25, -0.2) is 4.79 Å². The van der Waals surface area contributed by atoms with Gasteiger partial charge >= 0.3 is 5.97 Å². The number of carbonyl (C=O) groups is 3. The number of amides is 2. The van der Waals surface area contributed by atoms with Crippen LogP contribution in [-0.4, -0.2) is 53.0 Å². The van der Waals surface area contributed by atoms with E-state index in [2.05, 4.69) is 10.6 Å². The first kappa shape index (κ1) is 24.0. The molecule has 0 bridgehead atoms. The third kappa shape index (κ3) is 8.75. The van der Waals surface area contributed by atoms with Crippen LogP contribution in [0.1, 0.15) is 32.3 Å². The molecule has 0 aromatic heterocycles. The van der Waals surface area contributed by atoms with E-state index < -0.39 is 35.9 Å². The number of rotatable bonds is 12. The van der Waals surface area contributed by atoms with Crippen molar-refractivity contribution in [2.75, 3.05) is 12.0 Å². The SMILES string of the molecule is CSCCC(N)C(=O)N[C@@H](CC(C)C)C(=O)N[C@@H](Cc1ccccc1)C(=O)O. The lowest BCUT2D eigenvalue weighted by molar-refractivity contribution is -0.142. The van der Waals surface area contributed by atoms with Gasteiger partial charge in [-0.2, -0.15) is 11.8 Å². The Balaban J connectivity index is 2.80. The summed E-state index contributed by atoms with van der Waals surface area (Å²) in [7, 11) is 0. The zero-order valence-corrected chi connectivity index (χ0v) is 17.5. The van der Waals surface area contributed by atoms with Gasteiger partial charge in [0.15, 0.2) is 0 Å². The van der Waals surface area contributed by atoms with Crippen molar-refractivity contribution in [2.24, 2.45) is 11.7 Å². The quantitative estimate of drug-likeness (QED) is 0.414.